The molecule has 0 atom stereocenters. The fraction of sp³-hybridized carbons (Fsp3) is 0.278. The molecule has 111 valence electrons. The number of rotatable bonds is 3. The van der Waals surface area contributed by atoms with Gasteiger partial charge in [-0.25, -0.2) is 0 Å². The first-order valence-electron chi connectivity index (χ1n) is 7.57. The van der Waals surface area contributed by atoms with E-state index in [-0.39, 0.29) is 0 Å². The lowest BCUT2D eigenvalue weighted by atomic mass is 9.85. The van der Waals surface area contributed by atoms with E-state index in [1.165, 1.54) is 19.3 Å². The molecular weight excluding hydrogens is 296 g/mol. The van der Waals surface area contributed by atoms with Gasteiger partial charge in [-0.15, -0.1) is 0 Å². The molecule has 1 aromatic heterocycles. The van der Waals surface area contributed by atoms with Crippen LogP contribution in [0.25, 0.3) is 21.8 Å². The maximum Gasteiger partial charge on any atom is 0.249 e. The highest BCUT2D eigenvalue weighted by molar-refractivity contribution is 6.31. The minimum atomic E-state index is -0.406. The van der Waals surface area contributed by atoms with Crippen molar-refractivity contribution in [2.45, 2.75) is 25.8 Å². The molecule has 1 radical (unpaired) electrons. The van der Waals surface area contributed by atoms with Gasteiger partial charge in [0.2, 0.25) is 5.91 Å². The summed E-state index contributed by atoms with van der Waals surface area (Å²) in [7, 11) is 0. The third-order valence-electron chi connectivity index (χ3n) is 4.69. The molecule has 0 spiro atoms. The summed E-state index contributed by atoms with van der Waals surface area (Å²) in [5.41, 5.74) is 8.18. The van der Waals surface area contributed by atoms with E-state index in [1.807, 2.05) is 18.2 Å². The molecule has 1 amide bonds. The second kappa shape index (κ2) is 5.03. The molecule has 22 heavy (non-hydrogen) atoms. The minimum absolute atomic E-state index is 0.406. The summed E-state index contributed by atoms with van der Waals surface area (Å²) >= 11 is 6.17. The average Bonchev–Trinajstić information content (AvgIpc) is 2.75. The summed E-state index contributed by atoms with van der Waals surface area (Å²) in [6.45, 7) is 0.955. The third kappa shape index (κ3) is 2.00. The number of halogens is 1. The number of carbonyl (C=O) groups is 1. The lowest BCUT2D eigenvalue weighted by Crippen LogP contribution is -2.18. The van der Waals surface area contributed by atoms with E-state index < -0.39 is 5.91 Å². The van der Waals surface area contributed by atoms with E-state index in [0.717, 1.165) is 28.4 Å². The Morgan fingerprint density at radius 3 is 2.86 bits per heavy atom. The molecule has 2 aromatic carbocycles. The van der Waals surface area contributed by atoms with Crippen LogP contribution < -0.4 is 5.73 Å². The first-order chi connectivity index (χ1) is 10.6. The highest BCUT2D eigenvalue weighted by Gasteiger charge is 2.22. The van der Waals surface area contributed by atoms with E-state index >= 15 is 0 Å². The predicted octanol–water partition coefficient (Wildman–Crippen LogP) is 4.15. The number of amides is 1. The van der Waals surface area contributed by atoms with Crippen LogP contribution >= 0.6 is 11.6 Å². The molecule has 4 heteroatoms. The molecule has 3 aromatic rings. The maximum absolute atomic E-state index is 11.8. The number of aromatic nitrogens is 1. The van der Waals surface area contributed by atoms with Gasteiger partial charge in [0.05, 0.1) is 5.52 Å². The van der Waals surface area contributed by atoms with Crippen LogP contribution in [0.15, 0.2) is 30.3 Å². The Bertz CT molecular complexity index is 893. The SMILES string of the molecule is NC(=O)c1cccc2c1c1[c]cc(Cl)cc1n2CC1CCC1. The van der Waals surface area contributed by atoms with E-state index in [2.05, 4.69) is 10.6 Å². The van der Waals surface area contributed by atoms with Gasteiger partial charge in [-0.2, -0.15) is 0 Å². The zero-order valence-electron chi connectivity index (χ0n) is 12.1. The number of hydrogen-bond acceptors (Lipinski definition) is 1. The lowest BCUT2D eigenvalue weighted by Gasteiger charge is -2.26. The van der Waals surface area contributed by atoms with Crippen molar-refractivity contribution in [3.05, 3.63) is 47.0 Å². The molecule has 0 aliphatic heterocycles. The van der Waals surface area contributed by atoms with Crippen molar-refractivity contribution >= 4 is 39.3 Å². The number of primary amides is 1. The zero-order chi connectivity index (χ0) is 15.3. The van der Waals surface area contributed by atoms with E-state index in [4.69, 9.17) is 17.3 Å². The fourth-order valence-electron chi connectivity index (χ4n) is 3.37. The van der Waals surface area contributed by atoms with Crippen LogP contribution in [-0.2, 0) is 6.54 Å². The summed E-state index contributed by atoms with van der Waals surface area (Å²) in [5.74, 6) is 0.298. The topological polar surface area (TPSA) is 48.0 Å². The van der Waals surface area contributed by atoms with Crippen LogP contribution in [-0.4, -0.2) is 10.5 Å². The van der Waals surface area contributed by atoms with Crippen molar-refractivity contribution in [1.29, 1.82) is 0 Å². The number of nitrogens with two attached hydrogens (primary N) is 1. The van der Waals surface area contributed by atoms with Crippen LogP contribution in [0.5, 0.6) is 0 Å². The van der Waals surface area contributed by atoms with Crippen molar-refractivity contribution in [1.82, 2.24) is 4.57 Å². The van der Waals surface area contributed by atoms with Gasteiger partial charge in [-0.05, 0) is 49.1 Å². The molecule has 3 nitrogen and oxygen atoms in total. The Morgan fingerprint density at radius 1 is 1.36 bits per heavy atom. The summed E-state index contributed by atoms with van der Waals surface area (Å²) in [4.78, 5) is 11.8. The molecule has 0 bridgehead atoms. The monoisotopic (exact) mass is 311 g/mol. The quantitative estimate of drug-likeness (QED) is 0.776. The molecule has 2 N–H and O–H groups in total. The maximum atomic E-state index is 11.8. The number of fused-ring (bicyclic) bond motifs is 3. The van der Waals surface area contributed by atoms with Gasteiger partial charge < -0.3 is 10.3 Å². The minimum Gasteiger partial charge on any atom is -0.366 e. The van der Waals surface area contributed by atoms with E-state index in [1.54, 1.807) is 12.1 Å². The van der Waals surface area contributed by atoms with Crippen LogP contribution in [0.2, 0.25) is 5.02 Å². The highest BCUT2D eigenvalue weighted by Crippen LogP contribution is 2.36. The van der Waals surface area contributed by atoms with Crippen LogP contribution in [0.3, 0.4) is 0 Å². The van der Waals surface area contributed by atoms with Gasteiger partial charge in [0.1, 0.15) is 0 Å². The summed E-state index contributed by atoms with van der Waals surface area (Å²) in [6, 6.07) is 12.6. The molecule has 0 unspecified atom stereocenters. The van der Waals surface area contributed by atoms with Gasteiger partial charge in [-0.1, -0.05) is 24.1 Å². The second-order valence-corrected chi connectivity index (χ2v) is 6.49. The number of nitrogens with zero attached hydrogens (tertiary/aromatic N) is 1. The van der Waals surface area contributed by atoms with Crippen molar-refractivity contribution in [3.63, 3.8) is 0 Å². The first-order valence-corrected chi connectivity index (χ1v) is 7.95. The van der Waals surface area contributed by atoms with Crippen molar-refractivity contribution in [2.75, 3.05) is 0 Å². The van der Waals surface area contributed by atoms with Gasteiger partial charge in [0.15, 0.2) is 0 Å². The normalized spacial score (nSPS) is 15.3. The summed E-state index contributed by atoms with van der Waals surface area (Å²) in [5, 5.41) is 2.47. The number of carbonyl (C=O) groups excluding carboxylic acids is 1. The standard InChI is InChI=1S/C18H16ClN2O/c19-12-7-8-13-16(9-12)21(10-11-3-1-4-11)15-6-2-5-14(17(13)15)18(20)22/h2,5-7,9,11H,1,3-4,10H2,(H2,20,22). The zero-order valence-corrected chi connectivity index (χ0v) is 12.9. The molecule has 1 aliphatic rings. The van der Waals surface area contributed by atoms with Gasteiger partial charge in [-0.3, -0.25) is 4.79 Å². The fourth-order valence-corrected chi connectivity index (χ4v) is 3.52. The predicted molar refractivity (Wildman–Crippen MR) is 89.1 cm³/mol. The Kier molecular flexibility index (Phi) is 3.12. The Labute approximate surface area is 133 Å². The Hall–Kier alpha value is -2.00. The Morgan fingerprint density at radius 2 is 2.18 bits per heavy atom. The van der Waals surface area contributed by atoms with Gasteiger partial charge >= 0.3 is 0 Å². The van der Waals surface area contributed by atoms with Crippen LogP contribution in [0.1, 0.15) is 29.6 Å². The second-order valence-electron chi connectivity index (χ2n) is 6.05. The van der Waals surface area contributed by atoms with Gasteiger partial charge in [0, 0.05) is 33.4 Å². The number of benzene rings is 2. The van der Waals surface area contributed by atoms with Crippen molar-refractivity contribution < 1.29 is 4.79 Å². The van der Waals surface area contributed by atoms with Gasteiger partial charge in [0.25, 0.3) is 0 Å². The molecule has 1 saturated carbocycles. The highest BCUT2D eigenvalue weighted by atomic mass is 35.5. The Balaban J connectivity index is 2.07. The molecule has 1 aliphatic carbocycles. The summed E-state index contributed by atoms with van der Waals surface area (Å²) in [6.07, 6.45) is 3.84. The molecule has 1 heterocycles. The average molecular weight is 312 g/mol. The third-order valence-corrected chi connectivity index (χ3v) is 4.91. The molecule has 1 fully saturated rings. The van der Waals surface area contributed by atoms with Crippen LogP contribution in [0, 0.1) is 12.0 Å². The van der Waals surface area contributed by atoms with E-state index in [0.29, 0.717) is 16.5 Å². The number of hydrogen-bond donors (Lipinski definition) is 1. The first kappa shape index (κ1) is 13.6. The van der Waals surface area contributed by atoms with E-state index in [9.17, 15) is 4.79 Å². The van der Waals surface area contributed by atoms with Crippen molar-refractivity contribution in [2.24, 2.45) is 11.7 Å². The van der Waals surface area contributed by atoms with Crippen LogP contribution in [0.4, 0.5) is 0 Å². The molecular formula is C18H16ClN2O. The molecule has 0 saturated heterocycles. The summed E-state index contributed by atoms with van der Waals surface area (Å²) < 4.78 is 2.27. The molecule has 4 rings (SSSR count). The lowest BCUT2D eigenvalue weighted by molar-refractivity contribution is 0.100. The largest absolute Gasteiger partial charge is 0.366 e. The smallest absolute Gasteiger partial charge is 0.249 e. The van der Waals surface area contributed by atoms with Crippen molar-refractivity contribution in [3.8, 4) is 0 Å².